The number of nitrogens with zero attached hydrogens (tertiary/aromatic N) is 5. The van der Waals surface area contributed by atoms with E-state index in [-0.39, 0.29) is 18.0 Å². The van der Waals surface area contributed by atoms with Crippen LogP contribution in [0.25, 0.3) is 5.65 Å². The number of aromatic nitrogens is 4. The van der Waals surface area contributed by atoms with Crippen molar-refractivity contribution < 1.29 is 18.0 Å². The van der Waals surface area contributed by atoms with Gasteiger partial charge in [0.15, 0.2) is 11.5 Å². The summed E-state index contributed by atoms with van der Waals surface area (Å²) in [6, 6.07) is 19.5. The summed E-state index contributed by atoms with van der Waals surface area (Å²) >= 11 is 0. The van der Waals surface area contributed by atoms with Crippen molar-refractivity contribution in [2.24, 2.45) is 5.73 Å². The van der Waals surface area contributed by atoms with Crippen molar-refractivity contribution in [1.29, 1.82) is 0 Å². The molecule has 0 radical (unpaired) electrons. The first kappa shape index (κ1) is 21.1. The Morgan fingerprint density at radius 2 is 1.81 bits per heavy atom. The van der Waals surface area contributed by atoms with E-state index in [9.17, 15) is 18.0 Å². The fourth-order valence-electron chi connectivity index (χ4n) is 3.19. The van der Waals surface area contributed by atoms with E-state index < -0.39 is 17.9 Å². The van der Waals surface area contributed by atoms with Crippen molar-refractivity contribution in [2.75, 3.05) is 16.8 Å². The molecule has 4 rings (SSSR count). The van der Waals surface area contributed by atoms with Gasteiger partial charge in [0.25, 0.3) is 5.82 Å². The van der Waals surface area contributed by atoms with Gasteiger partial charge in [0.1, 0.15) is 0 Å². The quantitative estimate of drug-likeness (QED) is 0.456. The van der Waals surface area contributed by atoms with Gasteiger partial charge in [0.05, 0.1) is 6.54 Å². The van der Waals surface area contributed by atoms with Gasteiger partial charge in [0, 0.05) is 17.9 Å². The smallest absolute Gasteiger partial charge is 0.368 e. The third-order valence-electron chi connectivity index (χ3n) is 4.56. The Bertz CT molecular complexity index is 1240. The fraction of sp³-hybridized carbons (Fsp3) is 0.143. The zero-order valence-electron chi connectivity index (χ0n) is 16.6. The molecule has 2 aromatic carbocycles. The SMILES string of the molecule is NC(=O)CN(Cc1ccccc1)c1cccc(Nc2ccc3nnc(C(F)(F)F)n3n2)c1. The highest BCUT2D eigenvalue weighted by Crippen LogP contribution is 2.28. The molecule has 8 nitrogen and oxygen atoms in total. The second-order valence-corrected chi connectivity index (χ2v) is 6.99. The van der Waals surface area contributed by atoms with Gasteiger partial charge in [-0.15, -0.1) is 15.3 Å². The maximum absolute atomic E-state index is 13.1. The number of carbonyl (C=O) groups is 1. The first-order chi connectivity index (χ1) is 15.3. The number of nitrogens with two attached hydrogens (primary N) is 1. The van der Waals surface area contributed by atoms with E-state index in [1.807, 2.05) is 36.4 Å². The van der Waals surface area contributed by atoms with E-state index >= 15 is 0 Å². The normalized spacial score (nSPS) is 11.5. The number of nitrogens with one attached hydrogen (secondary N) is 1. The highest BCUT2D eigenvalue weighted by molar-refractivity contribution is 5.80. The molecule has 0 fully saturated rings. The molecule has 2 aromatic heterocycles. The lowest BCUT2D eigenvalue weighted by atomic mass is 10.2. The molecule has 164 valence electrons. The minimum atomic E-state index is -4.68. The van der Waals surface area contributed by atoms with Crippen molar-refractivity contribution in [3.63, 3.8) is 0 Å². The third kappa shape index (κ3) is 4.77. The molecule has 32 heavy (non-hydrogen) atoms. The number of rotatable bonds is 7. The molecule has 1 amide bonds. The molecular formula is C21H18F3N7O. The van der Waals surface area contributed by atoms with Gasteiger partial charge in [-0.05, 0) is 35.9 Å². The Morgan fingerprint density at radius 3 is 2.53 bits per heavy atom. The van der Waals surface area contributed by atoms with E-state index in [0.29, 0.717) is 22.4 Å². The number of hydrogen-bond donors (Lipinski definition) is 2. The molecule has 0 bridgehead atoms. The third-order valence-corrected chi connectivity index (χ3v) is 4.56. The number of hydrogen-bond acceptors (Lipinski definition) is 6. The van der Waals surface area contributed by atoms with Gasteiger partial charge in [-0.1, -0.05) is 36.4 Å². The van der Waals surface area contributed by atoms with E-state index in [0.717, 1.165) is 5.56 Å². The number of anilines is 3. The summed E-state index contributed by atoms with van der Waals surface area (Å²) in [4.78, 5) is 13.4. The van der Waals surface area contributed by atoms with Crippen LogP contribution in [0.4, 0.5) is 30.4 Å². The van der Waals surface area contributed by atoms with Crippen LogP contribution in [0.5, 0.6) is 0 Å². The van der Waals surface area contributed by atoms with Crippen LogP contribution in [0.3, 0.4) is 0 Å². The number of fused-ring (bicyclic) bond motifs is 1. The summed E-state index contributed by atoms with van der Waals surface area (Å²) in [6.45, 7) is 0.450. The van der Waals surface area contributed by atoms with Gasteiger partial charge < -0.3 is 16.0 Å². The second kappa shape index (κ2) is 8.53. The lowest BCUT2D eigenvalue weighted by Crippen LogP contribution is -2.33. The maximum Gasteiger partial charge on any atom is 0.453 e. The molecular weight excluding hydrogens is 423 g/mol. The number of primary amides is 1. The highest BCUT2D eigenvalue weighted by atomic mass is 19.4. The van der Waals surface area contributed by atoms with Crippen LogP contribution in [-0.2, 0) is 17.5 Å². The number of alkyl halides is 3. The summed E-state index contributed by atoms with van der Waals surface area (Å²) in [5.41, 5.74) is 7.67. The van der Waals surface area contributed by atoms with E-state index in [2.05, 4.69) is 20.6 Å². The first-order valence-corrected chi connectivity index (χ1v) is 9.53. The molecule has 0 saturated carbocycles. The molecule has 0 spiro atoms. The Labute approximate surface area is 180 Å². The molecule has 0 aliphatic carbocycles. The zero-order chi connectivity index (χ0) is 22.7. The molecule has 4 aromatic rings. The van der Waals surface area contributed by atoms with E-state index in [1.165, 1.54) is 12.1 Å². The summed E-state index contributed by atoms with van der Waals surface area (Å²) in [6.07, 6.45) is -4.68. The number of amides is 1. The van der Waals surface area contributed by atoms with E-state index in [1.54, 1.807) is 23.1 Å². The monoisotopic (exact) mass is 441 g/mol. The Kier molecular flexibility index (Phi) is 5.63. The summed E-state index contributed by atoms with van der Waals surface area (Å²) in [5, 5.41) is 13.6. The zero-order valence-corrected chi connectivity index (χ0v) is 16.6. The topological polar surface area (TPSA) is 101 Å². The summed E-state index contributed by atoms with van der Waals surface area (Å²) < 4.78 is 40.0. The lowest BCUT2D eigenvalue weighted by Gasteiger charge is -2.24. The van der Waals surface area contributed by atoms with Crippen LogP contribution in [0.15, 0.2) is 66.7 Å². The predicted octanol–water partition coefficient (Wildman–Crippen LogP) is 3.38. The van der Waals surface area contributed by atoms with Gasteiger partial charge in [0.2, 0.25) is 5.91 Å². The number of halogens is 3. The fourth-order valence-corrected chi connectivity index (χ4v) is 3.19. The van der Waals surface area contributed by atoms with Crippen molar-refractivity contribution >= 4 is 28.7 Å². The number of benzene rings is 2. The molecule has 0 aliphatic heterocycles. The second-order valence-electron chi connectivity index (χ2n) is 6.99. The predicted molar refractivity (Wildman–Crippen MR) is 112 cm³/mol. The van der Waals surface area contributed by atoms with Gasteiger partial charge in [-0.3, -0.25) is 4.79 Å². The van der Waals surface area contributed by atoms with E-state index in [4.69, 9.17) is 5.73 Å². The molecule has 0 atom stereocenters. The first-order valence-electron chi connectivity index (χ1n) is 9.53. The van der Waals surface area contributed by atoms with Crippen LogP contribution in [0.2, 0.25) is 0 Å². The van der Waals surface area contributed by atoms with Gasteiger partial charge in [-0.25, -0.2) is 0 Å². The Morgan fingerprint density at radius 1 is 1.03 bits per heavy atom. The van der Waals surface area contributed by atoms with Gasteiger partial charge in [-0.2, -0.15) is 17.7 Å². The lowest BCUT2D eigenvalue weighted by molar-refractivity contribution is -0.146. The molecule has 3 N–H and O–H groups in total. The standard InChI is InChI=1S/C21H18F3N7O/c22-21(23,24)20-28-27-19-10-9-18(29-31(19)20)26-15-7-4-8-16(11-15)30(13-17(25)32)12-14-5-2-1-3-6-14/h1-11H,12-13H2,(H2,25,32)(H,26,29). The van der Waals surface area contributed by atoms with Crippen LogP contribution < -0.4 is 16.0 Å². The largest absolute Gasteiger partial charge is 0.453 e. The Hall–Kier alpha value is -4.15. The average molecular weight is 441 g/mol. The van der Waals surface area contributed by atoms with Crippen LogP contribution in [-0.4, -0.2) is 32.3 Å². The van der Waals surface area contributed by atoms with Crippen LogP contribution in [0.1, 0.15) is 11.4 Å². The highest BCUT2D eigenvalue weighted by Gasteiger charge is 2.37. The molecule has 11 heteroatoms. The molecule has 0 aliphatic rings. The minimum Gasteiger partial charge on any atom is -0.368 e. The van der Waals surface area contributed by atoms with Crippen molar-refractivity contribution in [1.82, 2.24) is 19.8 Å². The van der Waals surface area contributed by atoms with Crippen molar-refractivity contribution in [3.05, 3.63) is 78.1 Å². The Balaban J connectivity index is 1.61. The number of carbonyl (C=O) groups excluding carboxylic acids is 1. The van der Waals surface area contributed by atoms with Gasteiger partial charge >= 0.3 is 6.18 Å². The van der Waals surface area contributed by atoms with Crippen molar-refractivity contribution in [2.45, 2.75) is 12.7 Å². The average Bonchev–Trinajstić information content (AvgIpc) is 3.18. The minimum absolute atomic E-state index is 0.00178. The van der Waals surface area contributed by atoms with Crippen molar-refractivity contribution in [3.8, 4) is 0 Å². The molecule has 2 heterocycles. The summed E-state index contributed by atoms with van der Waals surface area (Å²) in [7, 11) is 0. The molecule has 0 unspecified atom stereocenters. The summed E-state index contributed by atoms with van der Waals surface area (Å²) in [5.74, 6) is -1.52. The molecule has 0 saturated heterocycles. The maximum atomic E-state index is 13.1. The van der Waals surface area contributed by atoms with Crippen LogP contribution >= 0.6 is 0 Å². The van der Waals surface area contributed by atoms with Crippen LogP contribution in [0, 0.1) is 0 Å².